The minimum atomic E-state index is -4.84. The number of amides is 1. The Balaban J connectivity index is 1.35. The van der Waals surface area contributed by atoms with Gasteiger partial charge >= 0.3 is 12.1 Å². The lowest BCUT2D eigenvalue weighted by molar-refractivity contribution is -0.198. The van der Waals surface area contributed by atoms with Crippen molar-refractivity contribution in [1.29, 1.82) is 0 Å². The number of nitrogens with zero attached hydrogens (tertiary/aromatic N) is 4. The van der Waals surface area contributed by atoms with E-state index < -0.39 is 12.3 Å². The fourth-order valence-electron chi connectivity index (χ4n) is 5.87. The van der Waals surface area contributed by atoms with E-state index >= 15 is 0 Å². The van der Waals surface area contributed by atoms with Gasteiger partial charge in [0.05, 0.1) is 12.3 Å². The molecular weight excluding hydrogens is 565 g/mol. The molecule has 1 aromatic heterocycles. The van der Waals surface area contributed by atoms with E-state index in [9.17, 15) is 22.8 Å². The summed E-state index contributed by atoms with van der Waals surface area (Å²) in [5.41, 5.74) is 5.64. The molecular formula is C27H32ClF3N6O4. The van der Waals surface area contributed by atoms with Crippen LogP contribution in [0.5, 0.6) is 5.88 Å². The van der Waals surface area contributed by atoms with Crippen LogP contribution in [0.15, 0.2) is 24.3 Å². The summed E-state index contributed by atoms with van der Waals surface area (Å²) in [5.74, 6) is -0.753. The number of nitrogens with two attached hydrogens (primary N) is 1. The average molecular weight is 597 g/mol. The molecule has 3 N–H and O–H groups in total. The Morgan fingerprint density at radius 1 is 1.24 bits per heavy atom. The van der Waals surface area contributed by atoms with E-state index in [1.165, 1.54) is 29.2 Å². The second kappa shape index (κ2) is 11.5. The van der Waals surface area contributed by atoms with E-state index in [0.29, 0.717) is 44.9 Å². The first-order valence-corrected chi connectivity index (χ1v) is 14.0. The molecule has 0 radical (unpaired) electrons. The number of nitrogen functional groups attached to an aromatic ring is 1. The van der Waals surface area contributed by atoms with Crippen LogP contribution in [0.25, 0.3) is 0 Å². The van der Waals surface area contributed by atoms with E-state index in [2.05, 4.69) is 15.3 Å². The van der Waals surface area contributed by atoms with Crippen molar-refractivity contribution in [3.63, 3.8) is 0 Å². The number of nitrogens with one attached hydrogen (secondary N) is 1. The second-order valence-corrected chi connectivity index (χ2v) is 11.1. The molecule has 3 aliphatic rings. The minimum Gasteiger partial charge on any atom is -0.465 e. The van der Waals surface area contributed by atoms with E-state index in [1.54, 1.807) is 6.92 Å². The molecule has 0 unspecified atom stereocenters. The van der Waals surface area contributed by atoms with Crippen LogP contribution in [0.1, 0.15) is 50.7 Å². The highest BCUT2D eigenvalue weighted by molar-refractivity contribution is 6.31. The van der Waals surface area contributed by atoms with Gasteiger partial charge in [-0.05, 0) is 50.2 Å². The molecule has 5 rings (SSSR count). The lowest BCUT2D eigenvalue weighted by atomic mass is 9.76. The highest BCUT2D eigenvalue weighted by atomic mass is 35.5. The molecule has 41 heavy (non-hydrogen) atoms. The van der Waals surface area contributed by atoms with Gasteiger partial charge < -0.3 is 30.3 Å². The zero-order valence-electron chi connectivity index (χ0n) is 22.5. The summed E-state index contributed by atoms with van der Waals surface area (Å²) in [6.07, 6.45) is -4.34. The Hall–Kier alpha value is -3.32. The van der Waals surface area contributed by atoms with Crippen LogP contribution in [0, 0.1) is 5.41 Å². The van der Waals surface area contributed by atoms with Crippen molar-refractivity contribution in [2.75, 3.05) is 48.3 Å². The highest BCUT2D eigenvalue weighted by Crippen LogP contribution is 2.44. The number of esters is 1. The van der Waals surface area contributed by atoms with Crippen molar-refractivity contribution < 1.29 is 32.2 Å². The molecule has 1 aromatic carbocycles. The smallest absolute Gasteiger partial charge is 0.429 e. The van der Waals surface area contributed by atoms with Gasteiger partial charge in [-0.15, -0.1) is 0 Å². The summed E-state index contributed by atoms with van der Waals surface area (Å²) < 4.78 is 53.9. The molecule has 3 saturated heterocycles. The molecule has 222 valence electrons. The molecule has 3 aliphatic heterocycles. The van der Waals surface area contributed by atoms with E-state index in [0.717, 1.165) is 12.8 Å². The Morgan fingerprint density at radius 2 is 2.00 bits per heavy atom. The van der Waals surface area contributed by atoms with Crippen molar-refractivity contribution in [2.45, 2.75) is 57.3 Å². The number of benzene rings is 1. The topological polar surface area (TPSA) is 123 Å². The first kappa shape index (κ1) is 29.2. The van der Waals surface area contributed by atoms with Crippen molar-refractivity contribution in [3.8, 4) is 5.88 Å². The van der Waals surface area contributed by atoms with Crippen LogP contribution in [0.4, 0.5) is 30.6 Å². The molecule has 3 fully saturated rings. The summed E-state index contributed by atoms with van der Waals surface area (Å²) in [5, 5.41) is 3.46. The van der Waals surface area contributed by atoms with Gasteiger partial charge in [0.1, 0.15) is 11.9 Å². The number of alkyl halides is 3. The minimum absolute atomic E-state index is 0.0530. The number of anilines is 3. The van der Waals surface area contributed by atoms with Gasteiger partial charge in [-0.1, -0.05) is 17.7 Å². The third-order valence-electron chi connectivity index (χ3n) is 7.96. The fourth-order valence-corrected chi connectivity index (χ4v) is 6.04. The van der Waals surface area contributed by atoms with Crippen LogP contribution in [0.3, 0.4) is 0 Å². The quantitative estimate of drug-likeness (QED) is 0.456. The van der Waals surface area contributed by atoms with Gasteiger partial charge in [0.2, 0.25) is 23.8 Å². The molecule has 4 heterocycles. The molecule has 1 amide bonds. The number of halogens is 4. The zero-order valence-corrected chi connectivity index (χ0v) is 23.3. The van der Waals surface area contributed by atoms with Crippen molar-refractivity contribution in [1.82, 2.24) is 15.3 Å². The maximum absolute atomic E-state index is 14.4. The standard InChI is InChI=1S/C27H32ClF3N6O4/c1-2-40-24(39)18-14-26(15-33-18)7-10-36(11-8-26)20-13-21(35-25(32)34-20)41-23(27(29,30)31)17-6-5-16(28)12-19(17)37-9-3-4-22(37)38/h5-6,12-13,18,23,33H,2-4,7-11,14-15H2,1H3,(H2,32,34,35)/t18-,23+/m0/s1. The Kier molecular flexibility index (Phi) is 8.20. The number of hydrogen-bond acceptors (Lipinski definition) is 9. The van der Waals surface area contributed by atoms with Crippen LogP contribution < -0.4 is 25.6 Å². The number of aromatic nitrogens is 2. The summed E-state index contributed by atoms with van der Waals surface area (Å²) in [6.45, 7) is 4.19. The van der Waals surface area contributed by atoms with E-state index in [1.807, 2.05) is 4.90 Å². The first-order valence-electron chi connectivity index (χ1n) is 13.6. The summed E-state index contributed by atoms with van der Waals surface area (Å²) in [6, 6.07) is 4.89. The van der Waals surface area contributed by atoms with Gasteiger partial charge in [0.15, 0.2) is 0 Å². The van der Waals surface area contributed by atoms with Gasteiger partial charge in [-0.3, -0.25) is 9.59 Å². The normalized spacial score (nSPS) is 21.4. The molecule has 0 bridgehead atoms. The molecule has 1 spiro atoms. The lowest BCUT2D eigenvalue weighted by Crippen LogP contribution is -2.41. The monoisotopic (exact) mass is 596 g/mol. The van der Waals surface area contributed by atoms with E-state index in [-0.39, 0.29) is 64.4 Å². The molecule has 2 aromatic rings. The van der Waals surface area contributed by atoms with Crippen LogP contribution in [-0.4, -0.2) is 66.8 Å². The van der Waals surface area contributed by atoms with Crippen LogP contribution >= 0.6 is 11.6 Å². The Labute approximate surface area is 240 Å². The third kappa shape index (κ3) is 6.30. The predicted octanol–water partition coefficient (Wildman–Crippen LogP) is 4.03. The zero-order chi connectivity index (χ0) is 29.4. The molecule has 14 heteroatoms. The van der Waals surface area contributed by atoms with Gasteiger partial charge in [-0.2, -0.15) is 23.1 Å². The highest BCUT2D eigenvalue weighted by Gasteiger charge is 2.46. The SMILES string of the molecule is CCOC(=O)[C@@H]1CC2(CCN(c3cc(O[C@H](c4ccc(Cl)cc4N4CCCC4=O)C(F)(F)F)nc(N)n3)CC2)CN1. The van der Waals surface area contributed by atoms with Crippen LogP contribution in [0.2, 0.25) is 5.02 Å². The molecule has 10 nitrogen and oxygen atoms in total. The first-order chi connectivity index (χ1) is 19.5. The van der Waals surface area contributed by atoms with Crippen molar-refractivity contribution in [3.05, 3.63) is 34.9 Å². The average Bonchev–Trinajstić information content (AvgIpc) is 3.53. The number of ether oxygens (including phenoxy) is 2. The van der Waals surface area contributed by atoms with E-state index in [4.69, 9.17) is 26.8 Å². The lowest BCUT2D eigenvalue weighted by Gasteiger charge is -2.39. The molecule has 0 saturated carbocycles. The largest absolute Gasteiger partial charge is 0.465 e. The Morgan fingerprint density at radius 3 is 2.66 bits per heavy atom. The molecule has 0 aliphatic carbocycles. The number of hydrogen-bond donors (Lipinski definition) is 2. The van der Waals surface area contributed by atoms with Crippen LogP contribution in [-0.2, 0) is 14.3 Å². The second-order valence-electron chi connectivity index (χ2n) is 10.7. The number of carbonyl (C=O) groups is 2. The van der Waals surface area contributed by atoms with Gasteiger partial charge in [-0.25, -0.2) is 0 Å². The van der Waals surface area contributed by atoms with Gasteiger partial charge in [0.25, 0.3) is 0 Å². The van der Waals surface area contributed by atoms with Crippen molar-refractivity contribution in [2.24, 2.45) is 5.41 Å². The summed E-state index contributed by atoms with van der Waals surface area (Å²) in [4.78, 5) is 36.0. The predicted molar refractivity (Wildman–Crippen MR) is 146 cm³/mol. The number of rotatable bonds is 7. The summed E-state index contributed by atoms with van der Waals surface area (Å²) >= 11 is 6.10. The number of carbonyl (C=O) groups excluding carboxylic acids is 2. The summed E-state index contributed by atoms with van der Waals surface area (Å²) in [7, 11) is 0. The van der Waals surface area contributed by atoms with Gasteiger partial charge in [0, 0.05) is 49.3 Å². The molecule has 2 atom stereocenters. The maximum atomic E-state index is 14.4. The fraction of sp³-hybridized carbons (Fsp3) is 0.556. The maximum Gasteiger partial charge on any atom is 0.429 e. The third-order valence-corrected chi connectivity index (χ3v) is 8.20. The van der Waals surface area contributed by atoms with Crippen molar-refractivity contribution >= 4 is 40.9 Å². The Bertz CT molecular complexity index is 1300. The number of piperidine rings is 1.